The minimum absolute atomic E-state index is 0.212. The van der Waals surface area contributed by atoms with Crippen LogP contribution in [0.1, 0.15) is 46.6 Å². The Morgan fingerprint density at radius 2 is 1.59 bits per heavy atom. The fourth-order valence-electron chi connectivity index (χ4n) is 1.65. The van der Waals surface area contributed by atoms with Gasteiger partial charge in [0, 0.05) is 13.1 Å². The molecule has 0 aromatic carbocycles. The highest BCUT2D eigenvalue weighted by Crippen LogP contribution is 2.18. The monoisotopic (exact) mass is 240 g/mol. The number of hydrogen-bond donors (Lipinski definition) is 1. The van der Waals surface area contributed by atoms with Gasteiger partial charge in [0.05, 0.1) is 6.04 Å². The lowest BCUT2D eigenvalue weighted by Gasteiger charge is -2.23. The maximum Gasteiger partial charge on any atom is 0.318 e. The molecule has 1 atom stereocenters. The molecule has 98 valence electrons. The van der Waals surface area contributed by atoms with Crippen molar-refractivity contribution in [2.24, 2.45) is 17.6 Å². The zero-order chi connectivity index (χ0) is 13.0. The van der Waals surface area contributed by atoms with Crippen LogP contribution in [-0.2, 0) is 0 Å². The number of anilines is 1. The van der Waals surface area contributed by atoms with Crippen molar-refractivity contribution in [2.45, 2.75) is 40.7 Å². The van der Waals surface area contributed by atoms with E-state index >= 15 is 0 Å². The van der Waals surface area contributed by atoms with Gasteiger partial charge in [0.25, 0.3) is 0 Å². The second-order valence-electron chi connectivity index (χ2n) is 5.40. The second kappa shape index (κ2) is 6.00. The second-order valence-corrected chi connectivity index (χ2v) is 5.40. The summed E-state index contributed by atoms with van der Waals surface area (Å²) in [6, 6.07) is 0.371. The van der Waals surface area contributed by atoms with E-state index in [1.165, 1.54) is 0 Å². The zero-order valence-electron chi connectivity index (χ0n) is 11.5. The van der Waals surface area contributed by atoms with E-state index in [4.69, 9.17) is 10.2 Å². The number of hydrogen-bond acceptors (Lipinski definition) is 5. The van der Waals surface area contributed by atoms with Gasteiger partial charge in [0.1, 0.15) is 0 Å². The first-order valence-electron chi connectivity index (χ1n) is 6.24. The number of aromatic nitrogens is 2. The molecule has 0 amide bonds. The first kappa shape index (κ1) is 14.0. The smallest absolute Gasteiger partial charge is 0.318 e. The molecule has 0 saturated heterocycles. The Balaban J connectivity index is 2.80. The van der Waals surface area contributed by atoms with Crippen LogP contribution in [0, 0.1) is 11.8 Å². The van der Waals surface area contributed by atoms with E-state index in [0.29, 0.717) is 23.7 Å². The first-order valence-corrected chi connectivity index (χ1v) is 6.24. The largest absolute Gasteiger partial charge is 0.406 e. The van der Waals surface area contributed by atoms with Gasteiger partial charge in [-0.15, -0.1) is 5.10 Å². The molecule has 1 aromatic rings. The normalized spacial score (nSPS) is 13.4. The number of nitrogens with two attached hydrogens (primary N) is 1. The highest BCUT2D eigenvalue weighted by Gasteiger charge is 2.18. The van der Waals surface area contributed by atoms with Gasteiger partial charge in [0.2, 0.25) is 5.89 Å². The molecule has 0 bridgehead atoms. The van der Waals surface area contributed by atoms with E-state index in [2.05, 4.69) is 42.8 Å². The molecule has 17 heavy (non-hydrogen) atoms. The minimum atomic E-state index is -0.212. The summed E-state index contributed by atoms with van der Waals surface area (Å²) in [5.74, 6) is 1.61. The van der Waals surface area contributed by atoms with Crippen molar-refractivity contribution in [2.75, 3.05) is 18.0 Å². The molecule has 0 fully saturated rings. The fraction of sp³-hybridized carbons (Fsp3) is 0.833. The average molecular weight is 240 g/mol. The molecule has 0 radical (unpaired) electrons. The molecule has 0 spiro atoms. The standard InChI is InChI=1S/C12H24N4O/c1-8(2)6-16(7-9(3)4)12-15-14-11(17-12)10(5)13/h8-10H,6-7,13H2,1-5H3. The topological polar surface area (TPSA) is 68.2 Å². The van der Waals surface area contributed by atoms with Crippen LogP contribution in [0.5, 0.6) is 0 Å². The van der Waals surface area contributed by atoms with Gasteiger partial charge < -0.3 is 15.1 Å². The molecule has 1 heterocycles. The van der Waals surface area contributed by atoms with Crippen LogP contribution >= 0.6 is 0 Å². The molecule has 2 N–H and O–H groups in total. The van der Waals surface area contributed by atoms with E-state index in [-0.39, 0.29) is 6.04 Å². The molecule has 5 heteroatoms. The van der Waals surface area contributed by atoms with Crippen LogP contribution in [0.2, 0.25) is 0 Å². The fourth-order valence-corrected chi connectivity index (χ4v) is 1.65. The summed E-state index contributed by atoms with van der Waals surface area (Å²) in [4.78, 5) is 2.13. The van der Waals surface area contributed by atoms with Crippen LogP contribution in [0.25, 0.3) is 0 Å². The van der Waals surface area contributed by atoms with Gasteiger partial charge >= 0.3 is 6.01 Å². The van der Waals surface area contributed by atoms with Crippen molar-refractivity contribution < 1.29 is 4.42 Å². The number of nitrogens with zero attached hydrogens (tertiary/aromatic N) is 3. The Morgan fingerprint density at radius 3 is 1.94 bits per heavy atom. The maximum absolute atomic E-state index is 5.71. The zero-order valence-corrected chi connectivity index (χ0v) is 11.5. The van der Waals surface area contributed by atoms with Crippen LogP contribution in [0.15, 0.2) is 4.42 Å². The molecule has 0 aliphatic rings. The van der Waals surface area contributed by atoms with E-state index in [0.717, 1.165) is 13.1 Å². The van der Waals surface area contributed by atoms with Gasteiger partial charge in [-0.3, -0.25) is 0 Å². The molecule has 1 aromatic heterocycles. The Kier molecular flexibility index (Phi) is 4.93. The lowest BCUT2D eigenvalue weighted by molar-refractivity contribution is 0.437. The van der Waals surface area contributed by atoms with Gasteiger partial charge in [-0.05, 0) is 18.8 Å². The SMILES string of the molecule is CC(C)CN(CC(C)C)c1nnc(C(C)N)o1. The molecule has 1 rings (SSSR count). The predicted molar refractivity (Wildman–Crippen MR) is 68.8 cm³/mol. The van der Waals surface area contributed by atoms with Crippen LogP contribution < -0.4 is 10.6 Å². The average Bonchev–Trinajstić information content (AvgIpc) is 2.63. The summed E-state index contributed by atoms with van der Waals surface area (Å²) in [5.41, 5.74) is 5.71. The highest BCUT2D eigenvalue weighted by molar-refractivity contribution is 5.24. The summed E-state index contributed by atoms with van der Waals surface area (Å²) < 4.78 is 5.59. The van der Waals surface area contributed by atoms with Crippen molar-refractivity contribution in [1.82, 2.24) is 10.2 Å². The summed E-state index contributed by atoms with van der Waals surface area (Å²) in [5, 5.41) is 8.04. The van der Waals surface area contributed by atoms with Gasteiger partial charge in [-0.25, -0.2) is 0 Å². The summed E-state index contributed by atoms with van der Waals surface area (Å²) in [7, 11) is 0. The Labute approximate surface area is 103 Å². The summed E-state index contributed by atoms with van der Waals surface area (Å²) in [6.45, 7) is 12.4. The molecule has 5 nitrogen and oxygen atoms in total. The lowest BCUT2D eigenvalue weighted by atomic mass is 10.1. The van der Waals surface area contributed by atoms with Crippen molar-refractivity contribution >= 4 is 6.01 Å². The Bertz CT molecular complexity index is 323. The van der Waals surface area contributed by atoms with Crippen molar-refractivity contribution in [3.05, 3.63) is 5.89 Å². The van der Waals surface area contributed by atoms with Crippen molar-refractivity contribution in [3.63, 3.8) is 0 Å². The summed E-state index contributed by atoms with van der Waals surface area (Å²) >= 11 is 0. The van der Waals surface area contributed by atoms with E-state index < -0.39 is 0 Å². The molecular weight excluding hydrogens is 216 g/mol. The third kappa shape index (κ3) is 4.34. The van der Waals surface area contributed by atoms with Gasteiger partial charge in [-0.2, -0.15) is 0 Å². The van der Waals surface area contributed by atoms with Gasteiger partial charge in [0.15, 0.2) is 0 Å². The van der Waals surface area contributed by atoms with Gasteiger partial charge in [-0.1, -0.05) is 32.8 Å². The lowest BCUT2D eigenvalue weighted by Crippen LogP contribution is -2.31. The third-order valence-corrected chi connectivity index (χ3v) is 2.26. The molecular formula is C12H24N4O. The predicted octanol–water partition coefficient (Wildman–Crippen LogP) is 2.21. The third-order valence-electron chi connectivity index (χ3n) is 2.26. The summed E-state index contributed by atoms with van der Waals surface area (Å²) in [6.07, 6.45) is 0. The molecule has 0 aliphatic carbocycles. The number of rotatable bonds is 6. The molecule has 0 saturated carbocycles. The quantitative estimate of drug-likeness (QED) is 0.825. The highest BCUT2D eigenvalue weighted by atomic mass is 16.4. The van der Waals surface area contributed by atoms with E-state index in [1.54, 1.807) is 0 Å². The van der Waals surface area contributed by atoms with Crippen molar-refractivity contribution in [3.8, 4) is 0 Å². The first-order chi connectivity index (χ1) is 7.90. The van der Waals surface area contributed by atoms with E-state index in [9.17, 15) is 0 Å². The Hall–Kier alpha value is -1.10. The minimum Gasteiger partial charge on any atom is -0.406 e. The van der Waals surface area contributed by atoms with Crippen LogP contribution in [0.4, 0.5) is 6.01 Å². The Morgan fingerprint density at radius 1 is 1.06 bits per heavy atom. The van der Waals surface area contributed by atoms with Crippen molar-refractivity contribution in [1.29, 1.82) is 0 Å². The van der Waals surface area contributed by atoms with Crippen LogP contribution in [0.3, 0.4) is 0 Å². The molecule has 0 aliphatic heterocycles. The van der Waals surface area contributed by atoms with E-state index in [1.807, 2.05) is 6.92 Å². The van der Waals surface area contributed by atoms with Crippen LogP contribution in [-0.4, -0.2) is 23.3 Å². The maximum atomic E-state index is 5.71. The molecule has 1 unspecified atom stereocenters.